The van der Waals surface area contributed by atoms with Crippen LogP contribution >= 0.6 is 0 Å². The highest BCUT2D eigenvalue weighted by atomic mass is 16.3. The number of rotatable bonds is 8. The lowest BCUT2D eigenvalue weighted by atomic mass is 9.78. The van der Waals surface area contributed by atoms with E-state index in [0.717, 1.165) is 34.1 Å². The maximum absolute atomic E-state index is 13.2. The van der Waals surface area contributed by atoms with Crippen LogP contribution < -0.4 is 17.1 Å². The second-order valence-electron chi connectivity index (χ2n) is 11.0. The SMILES string of the molecule is CCCCn1c(=O)n(CCCC)c(=O)n(Cc2cc(C(C)(C)C)c(O)c(C(C)(C)C)c2)c1=O. The first kappa shape index (κ1) is 26.7. The Morgan fingerprint density at radius 2 is 1.06 bits per heavy atom. The normalized spacial score (nSPS) is 12.4. The summed E-state index contributed by atoms with van der Waals surface area (Å²) in [5, 5.41) is 11.0. The van der Waals surface area contributed by atoms with Crippen LogP contribution in [-0.4, -0.2) is 18.8 Å². The second-order valence-corrected chi connectivity index (χ2v) is 11.0. The summed E-state index contributed by atoms with van der Waals surface area (Å²) < 4.78 is 3.55. The lowest BCUT2D eigenvalue weighted by Gasteiger charge is -2.28. The van der Waals surface area contributed by atoms with Crippen LogP contribution in [0, 0.1) is 0 Å². The molecule has 1 heterocycles. The molecule has 0 aliphatic carbocycles. The van der Waals surface area contributed by atoms with Crippen LogP contribution in [0.4, 0.5) is 0 Å². The van der Waals surface area contributed by atoms with Crippen molar-refractivity contribution in [2.24, 2.45) is 0 Å². The van der Waals surface area contributed by atoms with E-state index in [1.54, 1.807) is 0 Å². The van der Waals surface area contributed by atoms with Crippen molar-refractivity contribution in [1.29, 1.82) is 0 Å². The molecule has 7 nitrogen and oxygen atoms in total. The summed E-state index contributed by atoms with van der Waals surface area (Å²) in [6, 6.07) is 3.74. The summed E-state index contributed by atoms with van der Waals surface area (Å²) in [4.78, 5) is 39.4. The zero-order valence-corrected chi connectivity index (χ0v) is 21.6. The van der Waals surface area contributed by atoms with Crippen molar-refractivity contribution in [2.45, 2.75) is 112 Å². The van der Waals surface area contributed by atoms with Crippen molar-refractivity contribution in [3.63, 3.8) is 0 Å². The van der Waals surface area contributed by atoms with Crippen LogP contribution in [0.5, 0.6) is 5.75 Å². The number of nitrogens with zero attached hydrogens (tertiary/aromatic N) is 3. The van der Waals surface area contributed by atoms with E-state index >= 15 is 0 Å². The molecule has 0 amide bonds. The molecule has 2 rings (SSSR count). The Morgan fingerprint density at radius 3 is 1.39 bits per heavy atom. The van der Waals surface area contributed by atoms with Gasteiger partial charge in [0, 0.05) is 13.1 Å². The molecular formula is C26H41N3O4. The number of hydrogen-bond donors (Lipinski definition) is 1. The van der Waals surface area contributed by atoms with E-state index in [4.69, 9.17) is 0 Å². The van der Waals surface area contributed by atoms with Gasteiger partial charge in [-0.25, -0.2) is 28.1 Å². The monoisotopic (exact) mass is 459 g/mol. The van der Waals surface area contributed by atoms with Crippen LogP contribution in [0.2, 0.25) is 0 Å². The maximum atomic E-state index is 13.2. The molecule has 1 aromatic carbocycles. The van der Waals surface area contributed by atoms with Crippen molar-refractivity contribution >= 4 is 0 Å². The Kier molecular flexibility index (Phi) is 8.20. The largest absolute Gasteiger partial charge is 0.507 e. The van der Waals surface area contributed by atoms with Crippen molar-refractivity contribution in [1.82, 2.24) is 13.7 Å². The van der Waals surface area contributed by atoms with Gasteiger partial charge < -0.3 is 5.11 Å². The summed E-state index contributed by atoms with van der Waals surface area (Å²) in [5.41, 5.74) is -0.0438. The van der Waals surface area contributed by atoms with E-state index in [1.165, 1.54) is 9.13 Å². The Hall–Kier alpha value is -2.57. The van der Waals surface area contributed by atoms with Gasteiger partial charge in [-0.05, 0) is 52.5 Å². The van der Waals surface area contributed by atoms with Gasteiger partial charge in [0.1, 0.15) is 5.75 Å². The summed E-state index contributed by atoms with van der Waals surface area (Å²) in [6.07, 6.45) is 3.04. The van der Waals surface area contributed by atoms with E-state index in [-0.39, 0.29) is 36.2 Å². The average Bonchev–Trinajstić information content (AvgIpc) is 2.70. The Labute approximate surface area is 196 Å². The van der Waals surface area contributed by atoms with Crippen LogP contribution in [0.1, 0.15) is 97.8 Å². The molecule has 33 heavy (non-hydrogen) atoms. The van der Waals surface area contributed by atoms with Gasteiger partial charge in [0.05, 0.1) is 6.54 Å². The van der Waals surface area contributed by atoms with Gasteiger partial charge in [0.25, 0.3) is 0 Å². The first-order valence-corrected chi connectivity index (χ1v) is 12.0. The van der Waals surface area contributed by atoms with E-state index in [2.05, 4.69) is 0 Å². The third-order valence-corrected chi connectivity index (χ3v) is 5.98. The second kappa shape index (κ2) is 10.1. The van der Waals surface area contributed by atoms with Gasteiger partial charge >= 0.3 is 17.1 Å². The van der Waals surface area contributed by atoms with Crippen molar-refractivity contribution in [3.05, 3.63) is 60.3 Å². The highest BCUT2D eigenvalue weighted by Crippen LogP contribution is 2.39. The van der Waals surface area contributed by atoms with Crippen molar-refractivity contribution in [2.75, 3.05) is 0 Å². The topological polar surface area (TPSA) is 86.2 Å². The van der Waals surface area contributed by atoms with E-state index in [9.17, 15) is 19.5 Å². The maximum Gasteiger partial charge on any atom is 0.336 e. The predicted octanol–water partition coefficient (Wildman–Crippen LogP) is 4.12. The van der Waals surface area contributed by atoms with Crippen LogP contribution in [0.25, 0.3) is 0 Å². The Bertz CT molecular complexity index is 1070. The molecule has 0 unspecified atom stereocenters. The predicted molar refractivity (Wildman–Crippen MR) is 134 cm³/mol. The van der Waals surface area contributed by atoms with Gasteiger partial charge in [0.2, 0.25) is 0 Å². The van der Waals surface area contributed by atoms with Crippen molar-refractivity contribution in [3.8, 4) is 5.75 Å². The van der Waals surface area contributed by atoms with Gasteiger partial charge in [-0.1, -0.05) is 68.2 Å². The minimum Gasteiger partial charge on any atom is -0.507 e. The number of phenolic OH excluding ortho intramolecular Hbond substituents is 1. The fraction of sp³-hybridized carbons (Fsp3) is 0.654. The van der Waals surface area contributed by atoms with E-state index in [1.807, 2.05) is 67.5 Å². The lowest BCUT2D eigenvalue weighted by Crippen LogP contribution is -2.54. The summed E-state index contributed by atoms with van der Waals surface area (Å²) in [5.74, 6) is 0.249. The molecule has 0 aliphatic rings. The zero-order valence-electron chi connectivity index (χ0n) is 21.6. The summed E-state index contributed by atoms with van der Waals surface area (Å²) >= 11 is 0. The molecular weight excluding hydrogens is 418 g/mol. The van der Waals surface area contributed by atoms with Crippen LogP contribution in [0.3, 0.4) is 0 Å². The molecule has 0 saturated carbocycles. The highest BCUT2D eigenvalue weighted by molar-refractivity contribution is 5.49. The zero-order chi connectivity index (χ0) is 25.1. The third-order valence-electron chi connectivity index (χ3n) is 5.98. The molecule has 0 saturated heterocycles. The quantitative estimate of drug-likeness (QED) is 0.643. The average molecular weight is 460 g/mol. The molecule has 2 aromatic rings. The molecule has 1 N–H and O–H groups in total. The van der Waals surface area contributed by atoms with E-state index < -0.39 is 17.1 Å². The number of aromatic nitrogens is 3. The van der Waals surface area contributed by atoms with Gasteiger partial charge in [-0.15, -0.1) is 0 Å². The standard InChI is InChI=1S/C26H41N3O4/c1-9-11-13-27-22(31)28(14-12-10-2)24(33)29(23(27)32)17-18-15-19(25(3,4)5)21(30)20(16-18)26(6,7)8/h15-16,30H,9-14,17H2,1-8H3. The molecule has 0 radical (unpaired) electrons. The number of benzene rings is 1. The number of phenols is 1. The number of aromatic hydroxyl groups is 1. The minimum atomic E-state index is -0.575. The number of hydrogen-bond acceptors (Lipinski definition) is 4. The summed E-state index contributed by atoms with van der Waals surface area (Å²) in [7, 11) is 0. The smallest absolute Gasteiger partial charge is 0.336 e. The fourth-order valence-corrected chi connectivity index (χ4v) is 3.94. The molecule has 0 spiro atoms. The molecule has 184 valence electrons. The van der Waals surface area contributed by atoms with Gasteiger partial charge in [0.15, 0.2) is 0 Å². The molecule has 7 heteroatoms. The molecule has 0 aliphatic heterocycles. The minimum absolute atomic E-state index is 0.0443. The molecule has 0 atom stereocenters. The number of unbranched alkanes of at least 4 members (excludes halogenated alkanes) is 2. The third kappa shape index (κ3) is 5.87. The van der Waals surface area contributed by atoms with Crippen molar-refractivity contribution < 1.29 is 5.11 Å². The summed E-state index contributed by atoms with van der Waals surface area (Å²) in [6.45, 7) is 16.7. The van der Waals surface area contributed by atoms with Crippen LogP contribution in [0.15, 0.2) is 26.5 Å². The van der Waals surface area contributed by atoms with Gasteiger partial charge in [-0.2, -0.15) is 0 Å². The van der Waals surface area contributed by atoms with E-state index in [0.29, 0.717) is 12.8 Å². The first-order valence-electron chi connectivity index (χ1n) is 12.0. The first-order chi connectivity index (χ1) is 15.2. The Balaban J connectivity index is 2.77. The molecule has 1 aromatic heterocycles. The lowest BCUT2D eigenvalue weighted by molar-refractivity contribution is 0.420. The molecule has 0 bridgehead atoms. The molecule has 0 fully saturated rings. The fourth-order valence-electron chi connectivity index (χ4n) is 3.94. The van der Waals surface area contributed by atoms with Crippen LogP contribution in [-0.2, 0) is 30.5 Å². The Morgan fingerprint density at radius 1 is 0.697 bits per heavy atom. The van der Waals surface area contributed by atoms with Gasteiger partial charge in [-0.3, -0.25) is 0 Å². The highest BCUT2D eigenvalue weighted by Gasteiger charge is 2.27.